The van der Waals surface area contributed by atoms with Crippen LogP contribution in [-0.4, -0.2) is 82.2 Å². The Morgan fingerprint density at radius 2 is 1.95 bits per heavy atom. The molecule has 0 aromatic carbocycles. The lowest BCUT2D eigenvalue weighted by Gasteiger charge is -2.36. The van der Waals surface area contributed by atoms with Crippen LogP contribution in [0.4, 0.5) is 0 Å². The van der Waals surface area contributed by atoms with Crippen LogP contribution in [0.25, 0.3) is 0 Å². The van der Waals surface area contributed by atoms with Gasteiger partial charge in [0.1, 0.15) is 0 Å². The number of piperidine rings is 1. The van der Waals surface area contributed by atoms with Crippen LogP contribution in [0, 0.1) is 0 Å². The summed E-state index contributed by atoms with van der Waals surface area (Å²) >= 11 is 0. The van der Waals surface area contributed by atoms with E-state index in [0.717, 1.165) is 58.5 Å². The number of hydrogen-bond acceptors (Lipinski definition) is 5. The van der Waals surface area contributed by atoms with Gasteiger partial charge in [-0.3, -0.25) is 9.69 Å². The minimum atomic E-state index is -3.15. The molecule has 2 fully saturated rings. The Balaban J connectivity index is 1.79. The van der Waals surface area contributed by atoms with Gasteiger partial charge in [-0.25, -0.2) is 13.1 Å². The standard InChI is InChI=1S/C14H28N4O3S/c1-22(20,21)16-12-13-4-2-3-8-17(13)9-5-14(19)18-10-6-15-7-11-18/h13,15-16H,2-12H2,1H3. The van der Waals surface area contributed by atoms with Gasteiger partial charge in [-0.2, -0.15) is 0 Å². The molecule has 0 bridgehead atoms. The summed E-state index contributed by atoms with van der Waals surface area (Å²) < 4.78 is 25.1. The van der Waals surface area contributed by atoms with Crippen LogP contribution in [-0.2, 0) is 14.8 Å². The first-order valence-corrected chi connectivity index (χ1v) is 10.0. The highest BCUT2D eigenvalue weighted by molar-refractivity contribution is 7.88. The van der Waals surface area contributed by atoms with Gasteiger partial charge in [0, 0.05) is 51.7 Å². The number of carbonyl (C=O) groups is 1. The lowest BCUT2D eigenvalue weighted by Crippen LogP contribution is -2.49. The third-order valence-corrected chi connectivity index (χ3v) is 5.10. The first kappa shape index (κ1) is 17.7. The predicted molar refractivity (Wildman–Crippen MR) is 86.1 cm³/mol. The molecule has 0 radical (unpaired) electrons. The van der Waals surface area contributed by atoms with Crippen molar-refractivity contribution in [1.29, 1.82) is 0 Å². The topological polar surface area (TPSA) is 81.8 Å². The number of piperazine rings is 1. The quantitative estimate of drug-likeness (QED) is 0.666. The fourth-order valence-electron chi connectivity index (χ4n) is 3.14. The van der Waals surface area contributed by atoms with Crippen molar-refractivity contribution in [1.82, 2.24) is 19.8 Å². The van der Waals surface area contributed by atoms with Crippen molar-refractivity contribution < 1.29 is 13.2 Å². The lowest BCUT2D eigenvalue weighted by atomic mass is 10.0. The maximum absolute atomic E-state index is 12.2. The molecule has 2 N–H and O–H groups in total. The number of nitrogens with one attached hydrogen (secondary N) is 2. The summed E-state index contributed by atoms with van der Waals surface area (Å²) in [4.78, 5) is 16.4. The summed E-state index contributed by atoms with van der Waals surface area (Å²) in [6, 6.07) is 0.208. The second kappa shape index (κ2) is 8.24. The summed E-state index contributed by atoms with van der Waals surface area (Å²) in [5.41, 5.74) is 0. The number of nitrogens with zero attached hydrogens (tertiary/aromatic N) is 2. The normalized spacial score (nSPS) is 24.4. The van der Waals surface area contributed by atoms with E-state index in [9.17, 15) is 13.2 Å². The molecule has 22 heavy (non-hydrogen) atoms. The molecule has 0 aromatic heterocycles. The Labute approximate surface area is 133 Å². The van der Waals surface area contributed by atoms with Gasteiger partial charge in [-0.05, 0) is 19.4 Å². The van der Waals surface area contributed by atoms with Crippen molar-refractivity contribution >= 4 is 15.9 Å². The molecule has 2 rings (SSSR count). The van der Waals surface area contributed by atoms with Crippen molar-refractivity contribution in [2.24, 2.45) is 0 Å². The zero-order chi connectivity index (χ0) is 16.0. The summed E-state index contributed by atoms with van der Waals surface area (Å²) in [6.07, 6.45) is 4.95. The molecule has 2 heterocycles. The van der Waals surface area contributed by atoms with Crippen LogP contribution in [0.3, 0.4) is 0 Å². The maximum Gasteiger partial charge on any atom is 0.223 e. The number of likely N-dealkylation sites (tertiary alicyclic amines) is 1. The Hall–Kier alpha value is -0.700. The Morgan fingerprint density at radius 3 is 2.64 bits per heavy atom. The molecule has 1 amide bonds. The molecule has 1 unspecified atom stereocenters. The molecule has 0 aliphatic carbocycles. The van der Waals surface area contributed by atoms with Gasteiger partial charge in [0.15, 0.2) is 0 Å². The summed E-state index contributed by atoms with van der Waals surface area (Å²) in [6.45, 7) is 5.44. The molecule has 0 aromatic rings. The molecule has 2 aliphatic rings. The van der Waals surface area contributed by atoms with E-state index in [-0.39, 0.29) is 11.9 Å². The zero-order valence-electron chi connectivity index (χ0n) is 13.4. The van der Waals surface area contributed by atoms with E-state index >= 15 is 0 Å². The summed E-state index contributed by atoms with van der Waals surface area (Å²) in [7, 11) is -3.15. The van der Waals surface area contributed by atoms with Crippen LogP contribution in [0.2, 0.25) is 0 Å². The fourth-order valence-corrected chi connectivity index (χ4v) is 3.64. The molecular formula is C14H28N4O3S. The molecular weight excluding hydrogens is 304 g/mol. The van der Waals surface area contributed by atoms with E-state index in [4.69, 9.17) is 0 Å². The fraction of sp³-hybridized carbons (Fsp3) is 0.929. The van der Waals surface area contributed by atoms with Crippen molar-refractivity contribution in [3.8, 4) is 0 Å². The van der Waals surface area contributed by atoms with Crippen molar-refractivity contribution in [2.45, 2.75) is 31.7 Å². The number of rotatable bonds is 6. The minimum Gasteiger partial charge on any atom is -0.340 e. The van der Waals surface area contributed by atoms with Crippen molar-refractivity contribution in [3.63, 3.8) is 0 Å². The van der Waals surface area contributed by atoms with Crippen LogP contribution in [0.1, 0.15) is 25.7 Å². The Kier molecular flexibility index (Phi) is 6.61. The first-order valence-electron chi connectivity index (χ1n) is 8.13. The maximum atomic E-state index is 12.2. The van der Waals surface area contributed by atoms with Crippen molar-refractivity contribution in [3.05, 3.63) is 0 Å². The highest BCUT2D eigenvalue weighted by Gasteiger charge is 2.24. The minimum absolute atomic E-state index is 0.208. The average Bonchev–Trinajstić information content (AvgIpc) is 2.51. The molecule has 0 spiro atoms. The molecule has 128 valence electrons. The van der Waals surface area contributed by atoms with Crippen LogP contribution >= 0.6 is 0 Å². The molecule has 1 atom stereocenters. The molecule has 8 heteroatoms. The van der Waals surface area contributed by atoms with Gasteiger partial charge in [-0.15, -0.1) is 0 Å². The molecule has 7 nitrogen and oxygen atoms in total. The van der Waals surface area contributed by atoms with E-state index in [1.165, 1.54) is 6.26 Å². The third kappa shape index (κ3) is 5.83. The number of sulfonamides is 1. The highest BCUT2D eigenvalue weighted by Crippen LogP contribution is 2.17. The van der Waals surface area contributed by atoms with E-state index < -0.39 is 10.0 Å². The van der Waals surface area contributed by atoms with E-state index in [2.05, 4.69) is 14.9 Å². The van der Waals surface area contributed by atoms with E-state index in [1.54, 1.807) is 0 Å². The van der Waals surface area contributed by atoms with Gasteiger partial charge in [-0.1, -0.05) is 6.42 Å². The predicted octanol–water partition coefficient (Wildman–Crippen LogP) is -0.788. The van der Waals surface area contributed by atoms with Gasteiger partial charge in [0.2, 0.25) is 15.9 Å². The lowest BCUT2D eigenvalue weighted by molar-refractivity contribution is -0.132. The largest absolute Gasteiger partial charge is 0.340 e. The van der Waals surface area contributed by atoms with Gasteiger partial charge in [0.25, 0.3) is 0 Å². The van der Waals surface area contributed by atoms with Crippen LogP contribution in [0.5, 0.6) is 0 Å². The Morgan fingerprint density at radius 1 is 1.23 bits per heavy atom. The van der Waals surface area contributed by atoms with Gasteiger partial charge >= 0.3 is 0 Å². The number of carbonyl (C=O) groups excluding carboxylic acids is 1. The average molecular weight is 332 g/mol. The molecule has 2 saturated heterocycles. The number of hydrogen-bond donors (Lipinski definition) is 2. The highest BCUT2D eigenvalue weighted by atomic mass is 32.2. The zero-order valence-corrected chi connectivity index (χ0v) is 14.2. The van der Waals surface area contributed by atoms with Crippen molar-refractivity contribution in [2.75, 3.05) is 52.1 Å². The van der Waals surface area contributed by atoms with Gasteiger partial charge in [0.05, 0.1) is 6.26 Å². The first-order chi connectivity index (χ1) is 10.5. The van der Waals surface area contributed by atoms with Crippen LogP contribution < -0.4 is 10.0 Å². The summed E-state index contributed by atoms with van der Waals surface area (Å²) in [5.74, 6) is 0.210. The van der Waals surface area contributed by atoms with Crippen LogP contribution in [0.15, 0.2) is 0 Å². The summed E-state index contributed by atoms with van der Waals surface area (Å²) in [5, 5.41) is 3.24. The SMILES string of the molecule is CS(=O)(=O)NCC1CCCCN1CCC(=O)N1CCNCC1. The molecule has 0 saturated carbocycles. The third-order valence-electron chi connectivity index (χ3n) is 4.41. The Bertz CT molecular complexity index is 463. The second-order valence-electron chi connectivity index (χ2n) is 6.19. The van der Waals surface area contributed by atoms with Gasteiger partial charge < -0.3 is 10.2 Å². The second-order valence-corrected chi connectivity index (χ2v) is 8.02. The number of amides is 1. The van der Waals surface area contributed by atoms with E-state index in [0.29, 0.717) is 13.0 Å². The monoisotopic (exact) mass is 332 g/mol. The van der Waals surface area contributed by atoms with E-state index in [1.807, 2.05) is 4.90 Å². The smallest absolute Gasteiger partial charge is 0.223 e. The molecule has 2 aliphatic heterocycles.